The molecule has 3 aromatic rings. The van der Waals surface area contributed by atoms with Crippen molar-refractivity contribution in [2.45, 2.75) is 6.54 Å². The number of hydrogen-bond acceptors (Lipinski definition) is 4. The average molecular weight is 280 g/mol. The molecular formula is C15H12N4O2. The molecule has 1 aromatic carbocycles. The Morgan fingerprint density at radius 3 is 2.95 bits per heavy atom. The number of fused-ring (bicyclic) bond motifs is 1. The van der Waals surface area contributed by atoms with Crippen LogP contribution in [0.1, 0.15) is 11.1 Å². The zero-order valence-electron chi connectivity index (χ0n) is 11.4. The summed E-state index contributed by atoms with van der Waals surface area (Å²) in [5.41, 5.74) is 1.68. The van der Waals surface area contributed by atoms with Gasteiger partial charge in [0.2, 0.25) is 0 Å². The van der Waals surface area contributed by atoms with E-state index in [9.17, 15) is 4.79 Å². The van der Waals surface area contributed by atoms with Gasteiger partial charge >= 0.3 is 0 Å². The molecule has 0 radical (unpaired) electrons. The van der Waals surface area contributed by atoms with Crippen LogP contribution in [-0.2, 0) is 6.54 Å². The largest absolute Gasteiger partial charge is 0.496 e. The van der Waals surface area contributed by atoms with E-state index in [1.165, 1.54) is 4.52 Å². The Morgan fingerprint density at radius 2 is 2.19 bits per heavy atom. The molecule has 0 aliphatic carbocycles. The number of methoxy groups -OCH3 is 1. The van der Waals surface area contributed by atoms with Crippen LogP contribution in [0.2, 0.25) is 0 Å². The van der Waals surface area contributed by atoms with E-state index in [0.717, 1.165) is 5.56 Å². The maximum Gasteiger partial charge on any atom is 0.276 e. The van der Waals surface area contributed by atoms with E-state index in [1.807, 2.05) is 0 Å². The maximum atomic E-state index is 12.3. The number of nitrogens with zero attached hydrogens (tertiary/aromatic N) is 4. The number of hydrogen-bond donors (Lipinski definition) is 0. The second-order valence-electron chi connectivity index (χ2n) is 4.53. The number of ether oxygens (including phenoxy) is 1. The van der Waals surface area contributed by atoms with Crippen LogP contribution in [0.25, 0.3) is 5.52 Å². The van der Waals surface area contributed by atoms with Gasteiger partial charge in [0.25, 0.3) is 5.56 Å². The molecule has 0 fully saturated rings. The topological polar surface area (TPSA) is 72.3 Å². The molecule has 0 amide bonds. The lowest BCUT2D eigenvalue weighted by atomic mass is 10.1. The van der Waals surface area contributed by atoms with Gasteiger partial charge in [-0.2, -0.15) is 10.4 Å². The van der Waals surface area contributed by atoms with Crippen LogP contribution in [0, 0.1) is 11.3 Å². The molecule has 6 heteroatoms. The van der Waals surface area contributed by atoms with Crippen LogP contribution >= 0.6 is 0 Å². The minimum Gasteiger partial charge on any atom is -0.496 e. The molecule has 2 aromatic heterocycles. The normalized spacial score (nSPS) is 10.5. The number of nitriles is 1. The molecule has 0 unspecified atom stereocenters. The van der Waals surface area contributed by atoms with Gasteiger partial charge in [-0.15, -0.1) is 0 Å². The molecule has 104 valence electrons. The summed E-state index contributed by atoms with van der Waals surface area (Å²) in [7, 11) is 1.56. The zero-order valence-corrected chi connectivity index (χ0v) is 11.4. The monoisotopic (exact) mass is 280 g/mol. The lowest BCUT2D eigenvalue weighted by Gasteiger charge is -2.11. The van der Waals surface area contributed by atoms with Gasteiger partial charge in [0.15, 0.2) is 0 Å². The Hall–Kier alpha value is -3.07. The van der Waals surface area contributed by atoms with Crippen molar-refractivity contribution >= 4 is 5.52 Å². The summed E-state index contributed by atoms with van der Waals surface area (Å²) in [5, 5.41) is 13.0. The van der Waals surface area contributed by atoms with Gasteiger partial charge in [0, 0.05) is 18.0 Å². The molecule has 0 bridgehead atoms. The van der Waals surface area contributed by atoms with Crippen molar-refractivity contribution in [1.82, 2.24) is 14.2 Å². The number of benzene rings is 1. The van der Waals surface area contributed by atoms with E-state index in [1.54, 1.807) is 54.5 Å². The highest BCUT2D eigenvalue weighted by Gasteiger charge is 2.08. The molecule has 21 heavy (non-hydrogen) atoms. The average Bonchev–Trinajstić information content (AvgIpc) is 2.99. The molecule has 6 nitrogen and oxygen atoms in total. The maximum absolute atomic E-state index is 12.3. The highest BCUT2D eigenvalue weighted by atomic mass is 16.5. The summed E-state index contributed by atoms with van der Waals surface area (Å²) >= 11 is 0. The summed E-state index contributed by atoms with van der Waals surface area (Å²) < 4.78 is 8.38. The summed E-state index contributed by atoms with van der Waals surface area (Å²) in [6.45, 7) is 0.333. The van der Waals surface area contributed by atoms with E-state index in [4.69, 9.17) is 10.00 Å². The fraction of sp³-hybridized carbons (Fsp3) is 0.133. The van der Waals surface area contributed by atoms with Crippen LogP contribution in [0.4, 0.5) is 0 Å². The minimum absolute atomic E-state index is 0.139. The van der Waals surface area contributed by atoms with Gasteiger partial charge < -0.3 is 9.30 Å². The van der Waals surface area contributed by atoms with Crippen LogP contribution in [0.5, 0.6) is 5.75 Å². The van der Waals surface area contributed by atoms with E-state index < -0.39 is 0 Å². The smallest absolute Gasteiger partial charge is 0.276 e. The van der Waals surface area contributed by atoms with Gasteiger partial charge in [-0.1, -0.05) is 0 Å². The summed E-state index contributed by atoms with van der Waals surface area (Å²) in [4.78, 5) is 12.3. The first-order valence-corrected chi connectivity index (χ1v) is 6.33. The van der Waals surface area contributed by atoms with Gasteiger partial charge in [0.1, 0.15) is 11.3 Å². The fourth-order valence-electron chi connectivity index (χ4n) is 2.24. The van der Waals surface area contributed by atoms with Crippen molar-refractivity contribution in [1.29, 1.82) is 5.26 Å². The standard InChI is InChI=1S/C15H12N4O2/c1-21-14-3-2-11(9-16)8-12(14)10-18-6-7-19-13(15(18)20)4-5-17-19/h2-8H,10H2,1H3. The molecule has 3 rings (SSSR count). The van der Waals surface area contributed by atoms with Crippen molar-refractivity contribution in [2.24, 2.45) is 0 Å². The zero-order chi connectivity index (χ0) is 14.8. The molecule has 0 saturated heterocycles. The van der Waals surface area contributed by atoms with Crippen LogP contribution < -0.4 is 10.3 Å². The summed E-state index contributed by atoms with van der Waals surface area (Å²) in [6.07, 6.45) is 4.97. The van der Waals surface area contributed by atoms with E-state index in [0.29, 0.717) is 23.4 Å². The fourth-order valence-corrected chi connectivity index (χ4v) is 2.24. The third-order valence-electron chi connectivity index (χ3n) is 3.29. The highest BCUT2D eigenvalue weighted by molar-refractivity contribution is 5.44. The Balaban J connectivity index is 2.08. The second-order valence-corrected chi connectivity index (χ2v) is 4.53. The SMILES string of the molecule is COc1ccc(C#N)cc1Cn1ccn2nccc2c1=O. The van der Waals surface area contributed by atoms with Crippen molar-refractivity contribution in [3.8, 4) is 11.8 Å². The van der Waals surface area contributed by atoms with Gasteiger partial charge in [-0.05, 0) is 24.3 Å². The molecule has 2 heterocycles. The van der Waals surface area contributed by atoms with Gasteiger partial charge in [-0.3, -0.25) is 4.79 Å². The molecule has 0 saturated carbocycles. The Morgan fingerprint density at radius 1 is 1.33 bits per heavy atom. The van der Waals surface area contributed by atoms with Crippen molar-refractivity contribution < 1.29 is 4.74 Å². The lowest BCUT2D eigenvalue weighted by molar-refractivity contribution is 0.408. The Kier molecular flexibility index (Phi) is 3.16. The highest BCUT2D eigenvalue weighted by Crippen LogP contribution is 2.20. The van der Waals surface area contributed by atoms with E-state index in [2.05, 4.69) is 11.2 Å². The van der Waals surface area contributed by atoms with Crippen LogP contribution in [0.3, 0.4) is 0 Å². The van der Waals surface area contributed by atoms with Crippen LogP contribution in [0.15, 0.2) is 47.7 Å². The number of aromatic nitrogens is 3. The molecular weight excluding hydrogens is 268 g/mol. The molecule has 0 aliphatic heterocycles. The molecule has 0 aliphatic rings. The number of rotatable bonds is 3. The van der Waals surface area contributed by atoms with Crippen molar-refractivity contribution in [2.75, 3.05) is 7.11 Å². The van der Waals surface area contributed by atoms with E-state index >= 15 is 0 Å². The minimum atomic E-state index is -0.139. The van der Waals surface area contributed by atoms with E-state index in [-0.39, 0.29) is 5.56 Å². The summed E-state index contributed by atoms with van der Waals surface area (Å²) in [5.74, 6) is 0.647. The van der Waals surface area contributed by atoms with Gasteiger partial charge in [0.05, 0.1) is 31.5 Å². The second kappa shape index (κ2) is 5.13. The summed E-state index contributed by atoms with van der Waals surface area (Å²) in [6, 6.07) is 8.90. The molecule has 0 N–H and O–H groups in total. The van der Waals surface area contributed by atoms with Crippen LogP contribution in [-0.4, -0.2) is 21.3 Å². The van der Waals surface area contributed by atoms with Crippen molar-refractivity contribution in [3.63, 3.8) is 0 Å². The third-order valence-corrected chi connectivity index (χ3v) is 3.29. The Labute approximate surface area is 120 Å². The Bertz CT molecular complexity index is 902. The third kappa shape index (κ3) is 2.25. The first-order chi connectivity index (χ1) is 10.2. The van der Waals surface area contributed by atoms with Gasteiger partial charge in [-0.25, -0.2) is 4.52 Å². The van der Waals surface area contributed by atoms with Crippen molar-refractivity contribution in [3.05, 3.63) is 64.3 Å². The predicted octanol–water partition coefficient (Wildman–Crippen LogP) is 1.42. The quantitative estimate of drug-likeness (QED) is 0.727. The molecule has 0 spiro atoms. The lowest BCUT2D eigenvalue weighted by Crippen LogP contribution is -2.22. The molecule has 0 atom stereocenters. The first kappa shape index (κ1) is 12.9. The first-order valence-electron chi connectivity index (χ1n) is 6.33. The predicted molar refractivity (Wildman–Crippen MR) is 76.3 cm³/mol.